The summed E-state index contributed by atoms with van der Waals surface area (Å²) >= 11 is 0. The molecule has 152 valence electrons. The molecule has 2 aromatic rings. The van der Waals surface area contributed by atoms with Crippen molar-refractivity contribution in [3.8, 4) is 0 Å². The number of hydrogen-bond acceptors (Lipinski definition) is 3. The van der Waals surface area contributed by atoms with Gasteiger partial charge in [0.1, 0.15) is 0 Å². The first-order valence-electron chi connectivity index (χ1n) is 10.9. The molecule has 1 fully saturated rings. The number of anilines is 1. The number of hydrogen-bond donors (Lipinski definition) is 0. The van der Waals surface area contributed by atoms with Gasteiger partial charge >= 0.3 is 0 Å². The second kappa shape index (κ2) is 6.36. The second-order valence-electron chi connectivity index (χ2n) is 9.05. The predicted molar refractivity (Wildman–Crippen MR) is 120 cm³/mol. The van der Waals surface area contributed by atoms with Gasteiger partial charge in [-0.05, 0) is 73.7 Å². The number of allylic oxidation sites excluding steroid dienone is 1. The lowest BCUT2D eigenvalue weighted by Gasteiger charge is -2.41. The Morgan fingerprint density at radius 3 is 2.73 bits per heavy atom. The fourth-order valence-corrected chi connectivity index (χ4v) is 5.73. The van der Waals surface area contributed by atoms with E-state index in [9.17, 15) is 0 Å². The molecule has 0 saturated heterocycles. The van der Waals surface area contributed by atoms with Crippen LogP contribution in [0.2, 0.25) is 0 Å². The zero-order valence-corrected chi connectivity index (χ0v) is 17.9. The van der Waals surface area contributed by atoms with E-state index in [-0.39, 0.29) is 18.4 Å². The van der Waals surface area contributed by atoms with Crippen molar-refractivity contribution in [3.05, 3.63) is 93.8 Å². The van der Waals surface area contributed by atoms with E-state index < -0.39 is 0 Å². The molecule has 5 atom stereocenters. The molecule has 0 bridgehead atoms. The van der Waals surface area contributed by atoms with Crippen molar-refractivity contribution in [3.63, 3.8) is 0 Å². The van der Waals surface area contributed by atoms with Crippen LogP contribution in [-0.4, -0.2) is 18.4 Å². The predicted octanol–water partition coefficient (Wildman–Crippen LogP) is 5.95. The van der Waals surface area contributed by atoms with Crippen molar-refractivity contribution in [2.75, 3.05) is 4.90 Å². The average molecular weight is 398 g/mol. The highest BCUT2D eigenvalue weighted by atomic mass is 16.7. The Hall–Kier alpha value is -2.78. The molecule has 1 saturated carbocycles. The summed E-state index contributed by atoms with van der Waals surface area (Å²) in [4.78, 5) is 2.62. The van der Waals surface area contributed by atoms with Gasteiger partial charge in [0.25, 0.3) is 0 Å². The van der Waals surface area contributed by atoms with Crippen LogP contribution >= 0.6 is 0 Å². The summed E-state index contributed by atoms with van der Waals surface area (Å²) in [7, 11) is 0. The maximum Gasteiger partial charge on any atom is 0.220 e. The van der Waals surface area contributed by atoms with Crippen LogP contribution in [0.3, 0.4) is 0 Å². The Labute approximate surface area is 178 Å². The van der Waals surface area contributed by atoms with Crippen molar-refractivity contribution in [2.45, 2.75) is 58.1 Å². The third-order valence-corrected chi connectivity index (χ3v) is 6.82. The van der Waals surface area contributed by atoms with Crippen LogP contribution in [0.25, 0.3) is 6.08 Å². The number of benzene rings is 2. The molecule has 3 nitrogen and oxygen atoms in total. The average Bonchev–Trinajstić information content (AvgIpc) is 3.40. The van der Waals surface area contributed by atoms with E-state index in [0.29, 0.717) is 12.0 Å². The Morgan fingerprint density at radius 1 is 1.07 bits per heavy atom. The third-order valence-electron chi connectivity index (χ3n) is 6.82. The van der Waals surface area contributed by atoms with Crippen LogP contribution in [0.4, 0.5) is 5.69 Å². The normalized spacial score (nSPS) is 31.9. The van der Waals surface area contributed by atoms with Crippen molar-refractivity contribution >= 4 is 11.8 Å². The summed E-state index contributed by atoms with van der Waals surface area (Å²) in [6, 6.07) is 14.1. The Morgan fingerprint density at radius 2 is 1.90 bits per heavy atom. The lowest BCUT2D eigenvalue weighted by molar-refractivity contribution is -0.119. The van der Waals surface area contributed by atoms with Gasteiger partial charge in [0.15, 0.2) is 0 Å². The molecular weight excluding hydrogens is 370 g/mol. The molecule has 3 heteroatoms. The highest BCUT2D eigenvalue weighted by molar-refractivity contribution is 5.79. The maximum absolute atomic E-state index is 6.05. The highest BCUT2D eigenvalue weighted by Crippen LogP contribution is 2.61. The van der Waals surface area contributed by atoms with Crippen LogP contribution in [0.15, 0.2) is 66.0 Å². The summed E-state index contributed by atoms with van der Waals surface area (Å²) < 4.78 is 12.0. The van der Waals surface area contributed by atoms with Crippen LogP contribution in [0, 0.1) is 13.8 Å². The van der Waals surface area contributed by atoms with Gasteiger partial charge in [0.05, 0.1) is 23.9 Å². The SMILES string of the molecule is CC1=CC(C)OC(/C=C2/C3c4cc(C)cc(C)c4C4C=Cc5ccccc5N4C23)O1. The summed E-state index contributed by atoms with van der Waals surface area (Å²) in [5.74, 6) is 1.35. The van der Waals surface area contributed by atoms with Gasteiger partial charge in [-0.2, -0.15) is 0 Å². The molecule has 3 aliphatic heterocycles. The largest absolute Gasteiger partial charge is 0.466 e. The van der Waals surface area contributed by atoms with Gasteiger partial charge in [0, 0.05) is 11.6 Å². The van der Waals surface area contributed by atoms with E-state index in [1.54, 1.807) is 0 Å². The van der Waals surface area contributed by atoms with E-state index in [1.165, 1.54) is 39.1 Å². The first-order valence-corrected chi connectivity index (χ1v) is 10.9. The first kappa shape index (κ1) is 18.0. The molecule has 0 N–H and O–H groups in total. The molecule has 2 aromatic carbocycles. The zero-order valence-electron chi connectivity index (χ0n) is 17.9. The van der Waals surface area contributed by atoms with E-state index in [1.807, 2.05) is 13.0 Å². The molecule has 0 radical (unpaired) electrons. The standard InChI is InChI=1S/C27H27NO2/c1-15-11-16(2)25-20(12-15)26-21(14-24-29-17(3)13-18(4)30-24)27(26)28-22-8-6-5-7-19(22)9-10-23(25)28/h5-14,17,23-24,26-27H,1-4H3/b21-14-. The molecule has 0 amide bonds. The van der Waals surface area contributed by atoms with Gasteiger partial charge in [-0.1, -0.05) is 48.0 Å². The molecule has 6 rings (SSSR count). The smallest absolute Gasteiger partial charge is 0.220 e. The van der Waals surface area contributed by atoms with Crippen LogP contribution in [0.5, 0.6) is 0 Å². The maximum atomic E-state index is 6.05. The zero-order chi connectivity index (χ0) is 20.6. The molecule has 1 aliphatic carbocycles. The number of nitrogens with zero attached hydrogens (tertiary/aromatic N) is 1. The Kier molecular flexibility index (Phi) is 3.82. The monoisotopic (exact) mass is 397 g/mol. The summed E-state index contributed by atoms with van der Waals surface area (Å²) in [5.41, 5.74) is 9.69. The first-order chi connectivity index (χ1) is 14.5. The minimum absolute atomic E-state index is 0.0737. The highest BCUT2D eigenvalue weighted by Gasteiger charge is 2.56. The van der Waals surface area contributed by atoms with Crippen molar-refractivity contribution < 1.29 is 9.47 Å². The third kappa shape index (κ3) is 2.61. The lowest BCUT2D eigenvalue weighted by Crippen LogP contribution is -2.37. The van der Waals surface area contributed by atoms with Gasteiger partial charge in [-0.15, -0.1) is 0 Å². The molecule has 0 spiro atoms. The van der Waals surface area contributed by atoms with E-state index >= 15 is 0 Å². The quantitative estimate of drug-likeness (QED) is 0.555. The molecule has 5 unspecified atom stereocenters. The van der Waals surface area contributed by atoms with Gasteiger partial charge in [0.2, 0.25) is 6.29 Å². The van der Waals surface area contributed by atoms with E-state index in [2.05, 4.69) is 80.3 Å². The van der Waals surface area contributed by atoms with Gasteiger partial charge in [-0.25, -0.2) is 0 Å². The fraction of sp³-hybridized carbons (Fsp3) is 0.333. The number of ether oxygens (including phenoxy) is 2. The molecule has 3 heterocycles. The van der Waals surface area contributed by atoms with E-state index in [0.717, 1.165) is 5.76 Å². The molecule has 0 aromatic heterocycles. The fourth-order valence-electron chi connectivity index (χ4n) is 5.73. The number of rotatable bonds is 1. The Balaban J connectivity index is 1.49. The number of fused-ring (bicyclic) bond motifs is 8. The van der Waals surface area contributed by atoms with Crippen LogP contribution < -0.4 is 4.90 Å². The minimum atomic E-state index is -0.311. The van der Waals surface area contributed by atoms with Crippen LogP contribution in [-0.2, 0) is 9.47 Å². The Bertz CT molecular complexity index is 1140. The lowest BCUT2D eigenvalue weighted by atomic mass is 9.85. The molecule has 30 heavy (non-hydrogen) atoms. The minimum Gasteiger partial charge on any atom is -0.466 e. The topological polar surface area (TPSA) is 21.7 Å². The number of aryl methyl sites for hydroxylation is 2. The van der Waals surface area contributed by atoms with Gasteiger partial charge in [-0.3, -0.25) is 0 Å². The van der Waals surface area contributed by atoms with Crippen molar-refractivity contribution in [1.29, 1.82) is 0 Å². The number of para-hydroxylation sites is 1. The van der Waals surface area contributed by atoms with Crippen molar-refractivity contribution in [1.82, 2.24) is 0 Å². The summed E-state index contributed by atoms with van der Waals surface area (Å²) in [6.45, 7) is 8.54. The van der Waals surface area contributed by atoms with Gasteiger partial charge < -0.3 is 14.4 Å². The summed E-state index contributed by atoms with van der Waals surface area (Å²) in [5, 5.41) is 0. The van der Waals surface area contributed by atoms with Crippen molar-refractivity contribution in [2.24, 2.45) is 0 Å². The molecule has 4 aliphatic rings. The van der Waals surface area contributed by atoms with Crippen LogP contribution in [0.1, 0.15) is 53.6 Å². The second-order valence-corrected chi connectivity index (χ2v) is 9.05. The van der Waals surface area contributed by atoms with E-state index in [4.69, 9.17) is 9.47 Å². The molecular formula is C27H27NO2. The summed E-state index contributed by atoms with van der Waals surface area (Å²) in [6.07, 6.45) is 8.68.